The third-order valence-corrected chi connectivity index (χ3v) is 7.01. The van der Waals surface area contributed by atoms with Crippen LogP contribution in [0.4, 0.5) is 0 Å². The maximum atomic E-state index is 13.7. The van der Waals surface area contributed by atoms with Crippen molar-refractivity contribution in [2.75, 3.05) is 40.4 Å². The number of hydrogen-bond acceptors (Lipinski definition) is 4. The molecule has 1 unspecified atom stereocenters. The van der Waals surface area contributed by atoms with Gasteiger partial charge in [-0.05, 0) is 55.9 Å². The van der Waals surface area contributed by atoms with Crippen molar-refractivity contribution in [3.05, 3.63) is 59.7 Å². The quantitative estimate of drug-likeness (QED) is 0.689. The minimum atomic E-state index is -0.552. The highest BCUT2D eigenvalue weighted by Crippen LogP contribution is 2.38. The van der Waals surface area contributed by atoms with Crippen LogP contribution in [-0.2, 0) is 11.2 Å². The normalized spacial score (nSPS) is 22.1. The summed E-state index contributed by atoms with van der Waals surface area (Å²) >= 11 is 0. The maximum absolute atomic E-state index is 13.7. The average molecular weight is 451 g/mol. The van der Waals surface area contributed by atoms with E-state index < -0.39 is 5.41 Å². The number of ether oxygens (including phenoxy) is 2. The van der Waals surface area contributed by atoms with E-state index in [1.807, 2.05) is 42.3 Å². The van der Waals surface area contributed by atoms with Crippen LogP contribution in [0.15, 0.2) is 48.5 Å². The highest BCUT2D eigenvalue weighted by atomic mass is 16.5. The van der Waals surface area contributed by atoms with Crippen molar-refractivity contribution in [2.24, 2.45) is 5.41 Å². The molecule has 2 aromatic rings. The smallest absolute Gasteiger partial charge is 0.257 e. The van der Waals surface area contributed by atoms with Crippen molar-refractivity contribution in [1.82, 2.24) is 9.80 Å². The number of hydrogen-bond donors (Lipinski definition) is 0. The number of likely N-dealkylation sites (N-methyl/N-ethyl adjacent to an activating group) is 1. The highest BCUT2D eigenvalue weighted by molar-refractivity contribution is 5.97. The first kappa shape index (κ1) is 23.1. The molecule has 0 aromatic heterocycles. The van der Waals surface area contributed by atoms with Crippen molar-refractivity contribution < 1.29 is 19.1 Å². The molecule has 2 aliphatic heterocycles. The van der Waals surface area contributed by atoms with Crippen molar-refractivity contribution in [1.29, 1.82) is 0 Å². The number of carbonyl (C=O) groups excluding carboxylic acids is 2. The van der Waals surface area contributed by atoms with Gasteiger partial charge in [0.1, 0.15) is 18.1 Å². The van der Waals surface area contributed by atoms with Gasteiger partial charge in [0.2, 0.25) is 5.91 Å². The molecule has 2 heterocycles. The molecule has 0 saturated carbocycles. The first-order chi connectivity index (χ1) is 16.0. The lowest BCUT2D eigenvalue weighted by atomic mass is 9.74. The molecule has 33 heavy (non-hydrogen) atoms. The molecule has 1 atom stereocenters. The van der Waals surface area contributed by atoms with Crippen LogP contribution < -0.4 is 9.47 Å². The summed E-state index contributed by atoms with van der Waals surface area (Å²) in [6.45, 7) is 2.09. The van der Waals surface area contributed by atoms with Gasteiger partial charge in [0.25, 0.3) is 5.91 Å². The Morgan fingerprint density at radius 2 is 1.76 bits per heavy atom. The zero-order chi connectivity index (χ0) is 23.3. The summed E-state index contributed by atoms with van der Waals surface area (Å²) in [6.07, 6.45) is 5.27. The van der Waals surface area contributed by atoms with Crippen LogP contribution in [0.2, 0.25) is 0 Å². The number of fused-ring (bicyclic) bond motifs is 1. The Morgan fingerprint density at radius 3 is 2.61 bits per heavy atom. The fraction of sp³-hybridized carbons (Fsp3) is 0.481. The van der Waals surface area contributed by atoms with E-state index in [1.165, 1.54) is 5.56 Å². The summed E-state index contributed by atoms with van der Waals surface area (Å²) in [7, 11) is 3.43. The van der Waals surface area contributed by atoms with Crippen LogP contribution in [-0.4, -0.2) is 62.0 Å². The number of benzene rings is 2. The second-order valence-electron chi connectivity index (χ2n) is 9.20. The number of carbonyl (C=O) groups is 2. The standard InChI is InChI=1S/C27H34N2O4/c1-28-18-19-33-23-13-5-3-10-21(23)11-7-8-15-27(26(28)31)16-9-17-29(20-27)25(30)22-12-4-6-14-24(22)32-2/h3-6,10,12-14H,7-9,11,15-20H2,1-2H3. The van der Waals surface area contributed by atoms with Gasteiger partial charge in [0.05, 0.1) is 24.6 Å². The van der Waals surface area contributed by atoms with Crippen LogP contribution in [0.3, 0.4) is 0 Å². The molecule has 1 saturated heterocycles. The van der Waals surface area contributed by atoms with Gasteiger partial charge in [0, 0.05) is 20.1 Å². The number of rotatable bonds is 2. The summed E-state index contributed by atoms with van der Waals surface area (Å²) in [4.78, 5) is 30.8. The lowest BCUT2D eigenvalue weighted by Gasteiger charge is -2.44. The Morgan fingerprint density at radius 1 is 1.00 bits per heavy atom. The number of piperidine rings is 1. The molecule has 0 bridgehead atoms. The summed E-state index contributed by atoms with van der Waals surface area (Å²) in [6, 6.07) is 15.5. The van der Waals surface area contributed by atoms with Gasteiger partial charge in [-0.1, -0.05) is 36.8 Å². The van der Waals surface area contributed by atoms with Crippen LogP contribution in [0.1, 0.15) is 48.0 Å². The van der Waals surface area contributed by atoms with Gasteiger partial charge in [-0.2, -0.15) is 0 Å². The minimum absolute atomic E-state index is 0.0645. The van der Waals surface area contributed by atoms with E-state index in [4.69, 9.17) is 9.47 Å². The Labute approximate surface area is 196 Å². The van der Waals surface area contributed by atoms with Crippen LogP contribution in [0, 0.1) is 5.41 Å². The van der Waals surface area contributed by atoms with E-state index in [0.29, 0.717) is 37.6 Å². The Kier molecular flexibility index (Phi) is 7.21. The van der Waals surface area contributed by atoms with Gasteiger partial charge in [0.15, 0.2) is 0 Å². The largest absolute Gasteiger partial charge is 0.496 e. The molecule has 0 N–H and O–H groups in total. The molecule has 2 amide bonds. The zero-order valence-electron chi connectivity index (χ0n) is 19.7. The van der Waals surface area contributed by atoms with Crippen molar-refractivity contribution >= 4 is 11.8 Å². The molecule has 1 spiro atoms. The SMILES string of the molecule is COc1ccccc1C(=O)N1CCCC2(CCCCc3ccccc3OCCN(C)C2=O)C1. The van der Waals surface area contributed by atoms with Crippen molar-refractivity contribution in [2.45, 2.75) is 38.5 Å². The van der Waals surface area contributed by atoms with Crippen LogP contribution in [0.25, 0.3) is 0 Å². The topological polar surface area (TPSA) is 59.1 Å². The van der Waals surface area contributed by atoms with E-state index >= 15 is 0 Å². The minimum Gasteiger partial charge on any atom is -0.496 e. The summed E-state index contributed by atoms with van der Waals surface area (Å²) < 4.78 is 11.4. The van der Waals surface area contributed by atoms with Crippen LogP contribution in [0.5, 0.6) is 11.5 Å². The highest BCUT2D eigenvalue weighted by Gasteiger charge is 2.44. The maximum Gasteiger partial charge on any atom is 0.257 e. The van der Waals surface area contributed by atoms with Gasteiger partial charge in [-0.3, -0.25) is 9.59 Å². The number of para-hydroxylation sites is 2. The Hall–Kier alpha value is -3.02. The fourth-order valence-corrected chi connectivity index (χ4v) is 5.21. The molecule has 6 heteroatoms. The van der Waals surface area contributed by atoms with E-state index in [1.54, 1.807) is 24.1 Å². The van der Waals surface area contributed by atoms with E-state index in [2.05, 4.69) is 6.07 Å². The third-order valence-electron chi connectivity index (χ3n) is 7.01. The van der Waals surface area contributed by atoms with Gasteiger partial charge >= 0.3 is 0 Å². The first-order valence-corrected chi connectivity index (χ1v) is 11.9. The number of nitrogens with zero attached hydrogens (tertiary/aromatic N) is 2. The lowest BCUT2D eigenvalue weighted by molar-refractivity contribution is -0.144. The number of aryl methyl sites for hydroxylation is 1. The van der Waals surface area contributed by atoms with E-state index in [0.717, 1.165) is 44.3 Å². The van der Waals surface area contributed by atoms with E-state index in [9.17, 15) is 9.59 Å². The predicted octanol–water partition coefficient (Wildman–Crippen LogP) is 4.18. The molecule has 6 nitrogen and oxygen atoms in total. The third kappa shape index (κ3) is 5.00. The molecule has 176 valence electrons. The Bertz CT molecular complexity index is 992. The second kappa shape index (κ2) is 10.3. The number of methoxy groups -OCH3 is 1. The molecule has 0 radical (unpaired) electrons. The predicted molar refractivity (Wildman–Crippen MR) is 128 cm³/mol. The van der Waals surface area contributed by atoms with Gasteiger partial charge in [-0.25, -0.2) is 0 Å². The molecular formula is C27H34N2O4. The monoisotopic (exact) mass is 450 g/mol. The molecule has 2 aliphatic rings. The Balaban J connectivity index is 1.55. The summed E-state index contributed by atoms with van der Waals surface area (Å²) in [5.74, 6) is 1.54. The van der Waals surface area contributed by atoms with E-state index in [-0.39, 0.29) is 11.8 Å². The average Bonchev–Trinajstić information content (AvgIpc) is 2.86. The van der Waals surface area contributed by atoms with Gasteiger partial charge in [-0.15, -0.1) is 0 Å². The molecule has 1 fully saturated rings. The molecule has 2 aromatic carbocycles. The summed E-state index contributed by atoms with van der Waals surface area (Å²) in [5.41, 5.74) is 1.22. The molecule has 4 rings (SSSR count). The van der Waals surface area contributed by atoms with Crippen molar-refractivity contribution in [3.63, 3.8) is 0 Å². The first-order valence-electron chi connectivity index (χ1n) is 11.9. The lowest BCUT2D eigenvalue weighted by Crippen LogP contribution is -2.54. The van der Waals surface area contributed by atoms with Crippen molar-refractivity contribution in [3.8, 4) is 11.5 Å². The molecule has 0 aliphatic carbocycles. The fourth-order valence-electron chi connectivity index (χ4n) is 5.21. The summed E-state index contributed by atoms with van der Waals surface area (Å²) in [5, 5.41) is 0. The second-order valence-corrected chi connectivity index (χ2v) is 9.20. The number of likely N-dealkylation sites (tertiary alicyclic amines) is 1. The molecular weight excluding hydrogens is 416 g/mol. The zero-order valence-corrected chi connectivity index (χ0v) is 19.7. The number of amides is 2. The van der Waals surface area contributed by atoms with Gasteiger partial charge < -0.3 is 19.3 Å². The van der Waals surface area contributed by atoms with Crippen LogP contribution >= 0.6 is 0 Å².